The van der Waals surface area contributed by atoms with Gasteiger partial charge in [-0.3, -0.25) is 4.72 Å². The number of nitriles is 2. The van der Waals surface area contributed by atoms with E-state index in [1.807, 2.05) is 12.1 Å². The first kappa shape index (κ1) is 24.9. The van der Waals surface area contributed by atoms with Crippen LogP contribution in [0.2, 0.25) is 0 Å². The maximum atomic E-state index is 11.5. The summed E-state index contributed by atoms with van der Waals surface area (Å²) < 4.78 is 30.8. The summed E-state index contributed by atoms with van der Waals surface area (Å²) in [6.07, 6.45) is 1.07. The van der Waals surface area contributed by atoms with Crippen molar-refractivity contribution >= 4 is 33.3 Å². The van der Waals surface area contributed by atoms with Crippen LogP contribution in [0.1, 0.15) is 16.7 Å². The Bertz CT molecular complexity index is 1380. The molecule has 0 aliphatic carbocycles. The van der Waals surface area contributed by atoms with E-state index in [1.54, 1.807) is 42.5 Å². The number of hydrogen-bond donors (Lipinski definition) is 3. The maximum absolute atomic E-state index is 11.5. The van der Waals surface area contributed by atoms with Crippen molar-refractivity contribution in [1.82, 2.24) is 4.98 Å². The Hall–Kier alpha value is -3.77. The Morgan fingerprint density at radius 2 is 1.85 bits per heavy atom. The van der Waals surface area contributed by atoms with Gasteiger partial charge in [0, 0.05) is 17.0 Å². The van der Waals surface area contributed by atoms with Gasteiger partial charge in [-0.1, -0.05) is 24.3 Å². The molecule has 0 fully saturated rings. The molecule has 3 rings (SSSR count). The van der Waals surface area contributed by atoms with E-state index >= 15 is 0 Å². The zero-order valence-corrected chi connectivity index (χ0v) is 19.8. The number of pyridine rings is 1. The molecule has 0 amide bonds. The SMILES string of the molecule is CS(=O)(=O)Nc1cccc(CSc2nc(N)c(C#N)c(-c3ccc(OCCO)cc3)c2C#N)c1. The highest BCUT2D eigenvalue weighted by atomic mass is 32.2. The van der Waals surface area contributed by atoms with Crippen LogP contribution in [0.25, 0.3) is 11.1 Å². The van der Waals surface area contributed by atoms with Crippen molar-refractivity contribution in [1.29, 1.82) is 10.5 Å². The van der Waals surface area contributed by atoms with E-state index in [4.69, 9.17) is 15.6 Å². The number of nitrogens with one attached hydrogen (secondary N) is 1. The third-order valence-corrected chi connectivity index (χ3v) is 6.18. The molecule has 0 saturated heterocycles. The lowest BCUT2D eigenvalue weighted by atomic mass is 9.97. The number of thioether (sulfide) groups is 1. The number of anilines is 2. The quantitative estimate of drug-likeness (QED) is 0.379. The van der Waals surface area contributed by atoms with Gasteiger partial charge in [-0.2, -0.15) is 10.5 Å². The van der Waals surface area contributed by atoms with E-state index in [2.05, 4.69) is 15.8 Å². The van der Waals surface area contributed by atoms with Crippen molar-refractivity contribution in [2.75, 3.05) is 29.9 Å². The summed E-state index contributed by atoms with van der Waals surface area (Å²) in [6.45, 7) is 0.0315. The molecule has 0 bridgehead atoms. The van der Waals surface area contributed by atoms with E-state index in [9.17, 15) is 18.9 Å². The highest BCUT2D eigenvalue weighted by Crippen LogP contribution is 2.37. The van der Waals surface area contributed by atoms with Crippen molar-refractivity contribution < 1.29 is 18.3 Å². The number of nitrogens with zero attached hydrogens (tertiary/aromatic N) is 3. The fourth-order valence-electron chi connectivity index (χ4n) is 3.16. The molecule has 34 heavy (non-hydrogen) atoms. The van der Waals surface area contributed by atoms with E-state index in [1.165, 1.54) is 11.8 Å². The number of sulfonamides is 1. The summed E-state index contributed by atoms with van der Waals surface area (Å²) in [7, 11) is -3.41. The fraction of sp³-hybridized carbons (Fsp3) is 0.174. The molecule has 1 heterocycles. The lowest BCUT2D eigenvalue weighted by Gasteiger charge is -2.14. The standard InChI is InChI=1S/C23H21N5O4S2/c1-34(30,31)28-17-4-2-3-15(11-17)14-33-23-20(13-25)21(19(12-24)22(26)27-23)16-5-7-18(8-6-16)32-10-9-29/h2-8,11,28-29H,9-10,14H2,1H3,(H2,26,27). The van der Waals surface area contributed by atoms with Crippen molar-refractivity contribution in [3.63, 3.8) is 0 Å². The van der Waals surface area contributed by atoms with Gasteiger partial charge in [0.15, 0.2) is 0 Å². The Morgan fingerprint density at radius 3 is 2.47 bits per heavy atom. The van der Waals surface area contributed by atoms with Crippen LogP contribution in [0, 0.1) is 22.7 Å². The molecule has 2 aromatic carbocycles. The van der Waals surface area contributed by atoms with Crippen LogP contribution in [0.4, 0.5) is 11.5 Å². The molecule has 0 radical (unpaired) electrons. The number of nitrogen functional groups attached to an aromatic ring is 1. The topological polar surface area (TPSA) is 162 Å². The molecular formula is C23H21N5O4S2. The minimum absolute atomic E-state index is 0.00657. The highest BCUT2D eigenvalue weighted by Gasteiger charge is 2.20. The summed E-state index contributed by atoms with van der Waals surface area (Å²) >= 11 is 1.26. The molecule has 3 aromatic rings. The molecule has 0 atom stereocenters. The third kappa shape index (κ3) is 6.17. The van der Waals surface area contributed by atoms with Crippen LogP contribution in [0.15, 0.2) is 53.6 Å². The molecule has 4 N–H and O–H groups in total. The second kappa shape index (κ2) is 10.9. The number of aromatic nitrogens is 1. The maximum Gasteiger partial charge on any atom is 0.229 e. The van der Waals surface area contributed by atoms with Gasteiger partial charge in [-0.25, -0.2) is 13.4 Å². The van der Waals surface area contributed by atoms with Crippen LogP contribution in [0.5, 0.6) is 5.75 Å². The molecule has 174 valence electrons. The first-order chi connectivity index (χ1) is 16.3. The lowest BCUT2D eigenvalue weighted by Crippen LogP contribution is -2.09. The predicted molar refractivity (Wildman–Crippen MR) is 131 cm³/mol. The first-order valence-electron chi connectivity index (χ1n) is 9.93. The highest BCUT2D eigenvalue weighted by molar-refractivity contribution is 7.98. The molecular weight excluding hydrogens is 474 g/mol. The normalized spacial score (nSPS) is 10.8. The van der Waals surface area contributed by atoms with Gasteiger partial charge < -0.3 is 15.6 Å². The lowest BCUT2D eigenvalue weighted by molar-refractivity contribution is 0.201. The van der Waals surface area contributed by atoms with E-state index in [0.29, 0.717) is 33.3 Å². The van der Waals surface area contributed by atoms with Crippen LogP contribution in [-0.2, 0) is 15.8 Å². The second-order valence-electron chi connectivity index (χ2n) is 7.11. The van der Waals surface area contributed by atoms with Crippen molar-refractivity contribution in [3.05, 3.63) is 65.2 Å². The van der Waals surface area contributed by atoms with Gasteiger partial charge in [0.05, 0.1) is 18.4 Å². The molecule has 0 unspecified atom stereocenters. The average Bonchev–Trinajstić information content (AvgIpc) is 2.80. The van der Waals surface area contributed by atoms with Gasteiger partial charge in [0.25, 0.3) is 0 Å². The van der Waals surface area contributed by atoms with Gasteiger partial charge >= 0.3 is 0 Å². The first-order valence-corrected chi connectivity index (χ1v) is 12.8. The molecule has 0 aliphatic rings. The van der Waals surface area contributed by atoms with Gasteiger partial charge in [-0.15, -0.1) is 11.8 Å². The predicted octanol–water partition coefficient (Wildman–Crippen LogP) is 3.11. The largest absolute Gasteiger partial charge is 0.491 e. The Balaban J connectivity index is 1.96. The molecule has 9 nitrogen and oxygen atoms in total. The minimum Gasteiger partial charge on any atom is -0.491 e. The number of rotatable bonds is 9. The van der Waals surface area contributed by atoms with Gasteiger partial charge in [0.1, 0.15) is 40.9 Å². The van der Waals surface area contributed by atoms with E-state index < -0.39 is 10.0 Å². The monoisotopic (exact) mass is 495 g/mol. The van der Waals surface area contributed by atoms with Crippen LogP contribution >= 0.6 is 11.8 Å². The van der Waals surface area contributed by atoms with E-state index in [-0.39, 0.29) is 30.2 Å². The van der Waals surface area contributed by atoms with Crippen LogP contribution in [-0.4, -0.2) is 38.0 Å². The summed E-state index contributed by atoms with van der Waals surface area (Å²) in [5.74, 6) is 0.931. The Kier molecular flexibility index (Phi) is 7.97. The summed E-state index contributed by atoms with van der Waals surface area (Å²) in [5.41, 5.74) is 8.59. The van der Waals surface area contributed by atoms with Gasteiger partial charge in [0.2, 0.25) is 10.0 Å². The number of ether oxygens (including phenoxy) is 1. The van der Waals surface area contributed by atoms with E-state index in [0.717, 1.165) is 11.8 Å². The number of benzene rings is 2. The van der Waals surface area contributed by atoms with Crippen LogP contribution in [0.3, 0.4) is 0 Å². The number of hydrogen-bond acceptors (Lipinski definition) is 9. The third-order valence-electron chi connectivity index (χ3n) is 4.52. The molecule has 0 spiro atoms. The fourth-order valence-corrected chi connectivity index (χ4v) is 4.66. The number of nitrogens with two attached hydrogens (primary N) is 1. The summed E-state index contributed by atoms with van der Waals surface area (Å²) in [4.78, 5) is 4.29. The summed E-state index contributed by atoms with van der Waals surface area (Å²) in [6, 6.07) is 17.8. The van der Waals surface area contributed by atoms with Crippen molar-refractivity contribution in [2.45, 2.75) is 10.8 Å². The second-order valence-corrected chi connectivity index (χ2v) is 9.82. The minimum atomic E-state index is -3.41. The molecule has 11 heteroatoms. The zero-order valence-electron chi connectivity index (χ0n) is 18.1. The Morgan fingerprint density at radius 1 is 1.15 bits per heavy atom. The molecule has 0 aliphatic heterocycles. The Labute approximate surface area is 201 Å². The smallest absolute Gasteiger partial charge is 0.229 e. The van der Waals surface area contributed by atoms with Crippen molar-refractivity contribution in [3.8, 4) is 29.0 Å². The molecule has 1 aromatic heterocycles. The molecule has 0 saturated carbocycles. The van der Waals surface area contributed by atoms with Crippen LogP contribution < -0.4 is 15.2 Å². The van der Waals surface area contributed by atoms with Crippen molar-refractivity contribution in [2.24, 2.45) is 0 Å². The zero-order chi connectivity index (χ0) is 24.7. The van der Waals surface area contributed by atoms with Gasteiger partial charge in [-0.05, 0) is 35.4 Å². The number of aliphatic hydroxyl groups is 1. The summed E-state index contributed by atoms with van der Waals surface area (Å²) in [5, 5.41) is 28.9. The number of aliphatic hydroxyl groups excluding tert-OH is 1. The average molecular weight is 496 g/mol.